The lowest BCUT2D eigenvalue weighted by atomic mass is 10.2. The van der Waals surface area contributed by atoms with E-state index in [1.54, 1.807) is 7.05 Å². The second kappa shape index (κ2) is 11.7. The van der Waals surface area contributed by atoms with Crippen LogP contribution in [0.3, 0.4) is 0 Å². The molecule has 0 spiro atoms. The third-order valence-electron chi connectivity index (χ3n) is 4.27. The summed E-state index contributed by atoms with van der Waals surface area (Å²) in [7, 11) is 1.76. The number of aliphatic imine (C=N–C) groups is 1. The quantitative estimate of drug-likeness (QED) is 0.286. The smallest absolute Gasteiger partial charge is 0.191 e. The number of nitrogens with zero attached hydrogens (tertiary/aromatic N) is 3. The van der Waals surface area contributed by atoms with Crippen LogP contribution in [-0.4, -0.2) is 29.1 Å². The summed E-state index contributed by atoms with van der Waals surface area (Å²) < 4.78 is 2.18. The molecule has 5 nitrogen and oxygen atoms in total. The molecule has 2 N–H and O–H groups in total. The number of hydrogen-bond acceptors (Lipinski definition) is 2. The van der Waals surface area contributed by atoms with Gasteiger partial charge in [0.25, 0.3) is 0 Å². The number of aromatic nitrogens is 2. The zero-order valence-electron chi connectivity index (χ0n) is 15.8. The van der Waals surface area contributed by atoms with Gasteiger partial charge >= 0.3 is 0 Å². The normalized spacial score (nSPS) is 11.0. The molecule has 148 valence electrons. The topological polar surface area (TPSA) is 54.2 Å². The fraction of sp³-hybridized carbons (Fsp3) is 0.238. The lowest BCUT2D eigenvalue weighted by Crippen LogP contribution is -2.38. The Labute approximate surface area is 188 Å². The Kier molecular flexibility index (Phi) is 9.30. The molecule has 28 heavy (non-hydrogen) atoms. The van der Waals surface area contributed by atoms with Gasteiger partial charge in [-0.15, -0.1) is 24.0 Å². The van der Waals surface area contributed by atoms with E-state index in [2.05, 4.69) is 49.4 Å². The van der Waals surface area contributed by atoms with Crippen molar-refractivity contribution in [2.24, 2.45) is 4.99 Å². The largest absolute Gasteiger partial charge is 0.356 e. The van der Waals surface area contributed by atoms with Crippen LogP contribution in [0.1, 0.15) is 17.0 Å². The van der Waals surface area contributed by atoms with Crippen LogP contribution in [0.4, 0.5) is 0 Å². The highest BCUT2D eigenvalue weighted by molar-refractivity contribution is 14.0. The van der Waals surface area contributed by atoms with Gasteiger partial charge in [-0.05, 0) is 17.2 Å². The maximum atomic E-state index is 6.20. The number of nitrogens with one attached hydrogen (secondary N) is 2. The van der Waals surface area contributed by atoms with Crippen LogP contribution >= 0.6 is 35.6 Å². The van der Waals surface area contributed by atoms with Gasteiger partial charge in [0.1, 0.15) is 5.82 Å². The van der Waals surface area contributed by atoms with Gasteiger partial charge in [-0.3, -0.25) is 4.99 Å². The van der Waals surface area contributed by atoms with Crippen molar-refractivity contribution in [3.8, 4) is 0 Å². The van der Waals surface area contributed by atoms with E-state index in [1.165, 1.54) is 5.56 Å². The first-order valence-corrected chi connectivity index (χ1v) is 9.36. The number of imidazole rings is 1. The van der Waals surface area contributed by atoms with Gasteiger partial charge in [0, 0.05) is 50.5 Å². The van der Waals surface area contributed by atoms with Crippen molar-refractivity contribution in [3.63, 3.8) is 0 Å². The average molecular weight is 510 g/mol. The van der Waals surface area contributed by atoms with Crippen molar-refractivity contribution < 1.29 is 0 Å². The standard InChI is InChI=1S/C21H24ClN5.HI/c1-23-21(26-15-18-9-5-6-10-19(18)22)25-12-11-20-24-13-14-27(20)16-17-7-3-2-4-8-17;/h2-10,13-14H,11-12,15-16H2,1H3,(H2,23,25,26);1H. The van der Waals surface area contributed by atoms with E-state index in [9.17, 15) is 0 Å². The summed E-state index contributed by atoms with van der Waals surface area (Å²) >= 11 is 6.20. The Bertz CT molecular complexity index is 879. The summed E-state index contributed by atoms with van der Waals surface area (Å²) in [6, 6.07) is 18.2. The molecule has 1 heterocycles. The van der Waals surface area contributed by atoms with Crippen LogP contribution in [0.25, 0.3) is 0 Å². The first-order chi connectivity index (χ1) is 13.3. The Morgan fingerprint density at radius 1 is 1.07 bits per heavy atom. The minimum Gasteiger partial charge on any atom is -0.356 e. The minimum absolute atomic E-state index is 0. The van der Waals surface area contributed by atoms with E-state index in [0.29, 0.717) is 6.54 Å². The molecule has 0 fully saturated rings. The fourth-order valence-electron chi connectivity index (χ4n) is 2.83. The van der Waals surface area contributed by atoms with Gasteiger partial charge in [-0.25, -0.2) is 4.98 Å². The van der Waals surface area contributed by atoms with Crippen molar-refractivity contribution in [1.82, 2.24) is 20.2 Å². The highest BCUT2D eigenvalue weighted by Gasteiger charge is 2.05. The third kappa shape index (κ3) is 6.53. The Hall–Kier alpha value is -2.06. The molecule has 2 aromatic carbocycles. The second-order valence-electron chi connectivity index (χ2n) is 6.15. The van der Waals surface area contributed by atoms with Crippen LogP contribution in [0, 0.1) is 0 Å². The molecule has 0 atom stereocenters. The molecule has 0 saturated heterocycles. The SMILES string of the molecule is CN=C(NCCc1nccn1Cc1ccccc1)NCc1ccccc1Cl.I. The average Bonchev–Trinajstić information content (AvgIpc) is 3.13. The predicted molar refractivity (Wildman–Crippen MR) is 127 cm³/mol. The van der Waals surface area contributed by atoms with Crippen LogP contribution in [0.2, 0.25) is 5.02 Å². The molecular weight excluding hydrogens is 485 g/mol. The van der Waals surface area contributed by atoms with Gasteiger partial charge < -0.3 is 15.2 Å². The van der Waals surface area contributed by atoms with E-state index in [1.807, 2.05) is 42.7 Å². The van der Waals surface area contributed by atoms with Gasteiger partial charge in [0.2, 0.25) is 0 Å². The number of benzene rings is 2. The Morgan fingerprint density at radius 2 is 1.82 bits per heavy atom. The second-order valence-corrected chi connectivity index (χ2v) is 6.56. The van der Waals surface area contributed by atoms with Crippen LogP contribution in [-0.2, 0) is 19.5 Å². The molecule has 0 aliphatic rings. The fourth-order valence-corrected chi connectivity index (χ4v) is 3.03. The van der Waals surface area contributed by atoms with Crippen molar-refractivity contribution in [1.29, 1.82) is 0 Å². The first kappa shape index (κ1) is 22.2. The molecule has 3 aromatic rings. The molecule has 0 amide bonds. The van der Waals surface area contributed by atoms with Crippen LogP contribution < -0.4 is 10.6 Å². The number of rotatable bonds is 7. The van der Waals surface area contributed by atoms with Crippen molar-refractivity contribution >= 4 is 41.5 Å². The van der Waals surface area contributed by atoms with Gasteiger partial charge in [-0.2, -0.15) is 0 Å². The molecule has 0 unspecified atom stereocenters. The number of hydrogen-bond donors (Lipinski definition) is 2. The molecule has 0 bridgehead atoms. The summed E-state index contributed by atoms with van der Waals surface area (Å²) in [6.07, 6.45) is 4.68. The van der Waals surface area contributed by atoms with Crippen LogP contribution in [0.5, 0.6) is 0 Å². The monoisotopic (exact) mass is 509 g/mol. The zero-order valence-corrected chi connectivity index (χ0v) is 18.9. The van der Waals surface area contributed by atoms with Gasteiger partial charge in [0.05, 0.1) is 0 Å². The highest BCUT2D eigenvalue weighted by atomic mass is 127. The molecule has 3 rings (SSSR count). The van der Waals surface area contributed by atoms with E-state index in [-0.39, 0.29) is 24.0 Å². The van der Waals surface area contributed by atoms with Gasteiger partial charge in [-0.1, -0.05) is 60.1 Å². The first-order valence-electron chi connectivity index (χ1n) is 8.98. The molecule has 1 aromatic heterocycles. The zero-order chi connectivity index (χ0) is 18.9. The third-order valence-corrected chi connectivity index (χ3v) is 4.63. The summed E-state index contributed by atoms with van der Waals surface area (Å²) in [5, 5.41) is 7.37. The molecule has 0 aliphatic carbocycles. The summed E-state index contributed by atoms with van der Waals surface area (Å²) in [5.41, 5.74) is 2.31. The summed E-state index contributed by atoms with van der Waals surface area (Å²) in [5.74, 6) is 1.80. The summed E-state index contributed by atoms with van der Waals surface area (Å²) in [6.45, 7) is 2.20. The maximum Gasteiger partial charge on any atom is 0.191 e. The molecule has 0 radical (unpaired) electrons. The van der Waals surface area contributed by atoms with Gasteiger partial charge in [0.15, 0.2) is 5.96 Å². The van der Waals surface area contributed by atoms with E-state index < -0.39 is 0 Å². The molecular formula is C21H25ClIN5. The summed E-state index contributed by atoms with van der Waals surface area (Å²) in [4.78, 5) is 8.75. The number of halogens is 2. The van der Waals surface area contributed by atoms with Crippen molar-refractivity contribution in [3.05, 3.63) is 89.0 Å². The van der Waals surface area contributed by atoms with Crippen molar-refractivity contribution in [2.45, 2.75) is 19.5 Å². The van der Waals surface area contributed by atoms with Crippen LogP contribution in [0.15, 0.2) is 72.0 Å². The highest BCUT2D eigenvalue weighted by Crippen LogP contribution is 2.14. The van der Waals surface area contributed by atoms with E-state index in [0.717, 1.165) is 41.9 Å². The van der Waals surface area contributed by atoms with Crippen molar-refractivity contribution in [2.75, 3.05) is 13.6 Å². The Morgan fingerprint density at radius 3 is 2.57 bits per heavy atom. The van der Waals surface area contributed by atoms with E-state index >= 15 is 0 Å². The Balaban J connectivity index is 0.00000280. The van der Waals surface area contributed by atoms with E-state index in [4.69, 9.17) is 11.6 Å². The molecule has 7 heteroatoms. The number of guanidine groups is 1. The lowest BCUT2D eigenvalue weighted by molar-refractivity contribution is 0.694. The predicted octanol–water partition coefficient (Wildman–Crippen LogP) is 4.11. The molecule has 0 saturated carbocycles. The minimum atomic E-state index is 0. The lowest BCUT2D eigenvalue weighted by Gasteiger charge is -2.13. The molecule has 0 aliphatic heterocycles. The maximum absolute atomic E-state index is 6.20.